The summed E-state index contributed by atoms with van der Waals surface area (Å²) in [7, 11) is 0. The average Bonchev–Trinajstić information content (AvgIpc) is 2.80. The van der Waals surface area contributed by atoms with Crippen LogP contribution >= 0.6 is 0 Å². The molecular weight excluding hydrogens is 292 g/mol. The smallest absolute Gasteiger partial charge is 0.233 e. The maximum atomic E-state index is 12.4. The average molecular weight is 320 g/mol. The lowest BCUT2D eigenvalue weighted by atomic mass is 9.81. The molecule has 0 unspecified atom stereocenters. The van der Waals surface area contributed by atoms with Crippen LogP contribution in [0.3, 0.4) is 0 Å². The van der Waals surface area contributed by atoms with Gasteiger partial charge >= 0.3 is 0 Å². The lowest BCUT2D eigenvalue weighted by Crippen LogP contribution is -2.42. The number of carbonyl (C=O) groups is 3. The highest BCUT2D eigenvalue weighted by Crippen LogP contribution is 2.38. The van der Waals surface area contributed by atoms with Crippen molar-refractivity contribution < 1.29 is 14.4 Å². The van der Waals surface area contributed by atoms with Crippen LogP contribution in [0.25, 0.3) is 0 Å². The van der Waals surface area contributed by atoms with Crippen molar-refractivity contribution in [1.82, 2.24) is 10.2 Å². The van der Waals surface area contributed by atoms with Crippen LogP contribution in [0.2, 0.25) is 0 Å². The van der Waals surface area contributed by atoms with Crippen LogP contribution in [0, 0.1) is 17.8 Å². The zero-order chi connectivity index (χ0) is 16.4. The number of fused-ring (bicyclic) bond motifs is 1. The summed E-state index contributed by atoms with van der Waals surface area (Å²) >= 11 is 0. The molecular formula is C18H28N2O3. The monoisotopic (exact) mass is 320 g/mol. The minimum Gasteiger partial charge on any atom is -0.353 e. The van der Waals surface area contributed by atoms with Crippen LogP contribution < -0.4 is 5.32 Å². The maximum Gasteiger partial charge on any atom is 0.233 e. The summed E-state index contributed by atoms with van der Waals surface area (Å²) in [6.45, 7) is 2.43. The number of nitrogens with one attached hydrogen (secondary N) is 1. The number of nitrogens with zero attached hydrogens (tertiary/aromatic N) is 1. The molecule has 128 valence electrons. The standard InChI is InChI=1S/C18H28N2O3/c1-12-6-2-5-9-15(12)19-16(21)10-11-20-17(22)13-7-3-4-8-14(13)18(20)23/h12-15H,2-11H2,1H3,(H,19,21)/t12-,13+,14+,15+/m1/s1. The Labute approximate surface area is 138 Å². The number of amides is 3. The van der Waals surface area contributed by atoms with E-state index in [1.54, 1.807) is 0 Å². The SMILES string of the molecule is C[C@@H]1CCCC[C@@H]1NC(=O)CCN1C(=O)[C@H]2CCCC[C@@H]2C1=O. The predicted octanol–water partition coefficient (Wildman–Crippen LogP) is 2.25. The third kappa shape index (κ3) is 3.43. The number of likely N-dealkylation sites (tertiary alicyclic amines) is 1. The molecule has 0 aromatic rings. The highest BCUT2D eigenvalue weighted by Gasteiger charge is 2.47. The molecule has 23 heavy (non-hydrogen) atoms. The van der Waals surface area contributed by atoms with Crippen LogP contribution in [0.15, 0.2) is 0 Å². The normalized spacial score (nSPS) is 34.4. The van der Waals surface area contributed by atoms with Gasteiger partial charge in [-0.05, 0) is 31.6 Å². The van der Waals surface area contributed by atoms with E-state index < -0.39 is 0 Å². The van der Waals surface area contributed by atoms with Gasteiger partial charge in [0.15, 0.2) is 0 Å². The summed E-state index contributed by atoms with van der Waals surface area (Å²) in [5.41, 5.74) is 0. The van der Waals surface area contributed by atoms with E-state index in [2.05, 4.69) is 12.2 Å². The molecule has 0 aromatic heterocycles. The van der Waals surface area contributed by atoms with Crippen molar-refractivity contribution in [3.8, 4) is 0 Å². The van der Waals surface area contributed by atoms with Crippen molar-refractivity contribution in [3.63, 3.8) is 0 Å². The second-order valence-electron chi connectivity index (χ2n) is 7.51. The number of imide groups is 1. The molecule has 2 saturated carbocycles. The van der Waals surface area contributed by atoms with Crippen molar-refractivity contribution in [2.24, 2.45) is 17.8 Å². The molecule has 0 aromatic carbocycles. The molecule has 1 saturated heterocycles. The number of hydrogen-bond donors (Lipinski definition) is 1. The highest BCUT2D eigenvalue weighted by molar-refractivity contribution is 6.05. The van der Waals surface area contributed by atoms with Gasteiger partial charge in [-0.3, -0.25) is 19.3 Å². The topological polar surface area (TPSA) is 66.5 Å². The second-order valence-corrected chi connectivity index (χ2v) is 7.51. The number of hydrogen-bond acceptors (Lipinski definition) is 3. The second kappa shape index (κ2) is 7.02. The van der Waals surface area contributed by atoms with E-state index in [1.807, 2.05) is 0 Å². The minimum absolute atomic E-state index is 0.0285. The van der Waals surface area contributed by atoms with Crippen molar-refractivity contribution in [3.05, 3.63) is 0 Å². The van der Waals surface area contributed by atoms with Crippen molar-refractivity contribution in [1.29, 1.82) is 0 Å². The third-order valence-corrected chi connectivity index (χ3v) is 5.95. The molecule has 1 N–H and O–H groups in total. The predicted molar refractivity (Wildman–Crippen MR) is 86.3 cm³/mol. The van der Waals surface area contributed by atoms with Gasteiger partial charge in [0, 0.05) is 19.0 Å². The Hall–Kier alpha value is -1.39. The fraction of sp³-hybridized carbons (Fsp3) is 0.833. The fourth-order valence-electron chi connectivity index (χ4n) is 4.47. The van der Waals surface area contributed by atoms with Gasteiger partial charge in [-0.2, -0.15) is 0 Å². The summed E-state index contributed by atoms with van der Waals surface area (Å²) < 4.78 is 0. The van der Waals surface area contributed by atoms with Crippen molar-refractivity contribution in [2.45, 2.75) is 70.8 Å². The molecule has 3 fully saturated rings. The molecule has 5 heteroatoms. The third-order valence-electron chi connectivity index (χ3n) is 5.95. The molecule has 3 aliphatic rings. The summed E-state index contributed by atoms with van der Waals surface area (Å²) in [5.74, 6) is 0.178. The van der Waals surface area contributed by atoms with Crippen LogP contribution in [0.1, 0.15) is 64.7 Å². The van der Waals surface area contributed by atoms with Gasteiger partial charge in [0.2, 0.25) is 17.7 Å². The lowest BCUT2D eigenvalue weighted by molar-refractivity contribution is -0.140. The fourth-order valence-corrected chi connectivity index (χ4v) is 4.47. The zero-order valence-corrected chi connectivity index (χ0v) is 14.1. The number of rotatable bonds is 4. The Morgan fingerprint density at radius 1 is 1.00 bits per heavy atom. The minimum atomic E-state index is -0.113. The van der Waals surface area contributed by atoms with Gasteiger partial charge in [0.25, 0.3) is 0 Å². The summed E-state index contributed by atoms with van der Waals surface area (Å²) in [6, 6.07) is 0.254. The van der Waals surface area contributed by atoms with Crippen LogP contribution in [-0.4, -0.2) is 35.2 Å². The first kappa shape index (κ1) is 16.5. The molecule has 0 spiro atoms. The first-order chi connectivity index (χ1) is 11.1. The van der Waals surface area contributed by atoms with Crippen LogP contribution in [0.4, 0.5) is 0 Å². The molecule has 5 nitrogen and oxygen atoms in total. The first-order valence-electron chi connectivity index (χ1n) is 9.22. The van der Waals surface area contributed by atoms with E-state index >= 15 is 0 Å². The molecule has 2 aliphatic carbocycles. The van der Waals surface area contributed by atoms with E-state index in [-0.39, 0.29) is 48.6 Å². The molecule has 3 rings (SSSR count). The van der Waals surface area contributed by atoms with Crippen molar-refractivity contribution in [2.75, 3.05) is 6.54 Å². The van der Waals surface area contributed by atoms with Gasteiger partial charge in [0.1, 0.15) is 0 Å². The molecule has 0 bridgehead atoms. The van der Waals surface area contributed by atoms with E-state index in [0.717, 1.165) is 38.5 Å². The lowest BCUT2D eigenvalue weighted by Gasteiger charge is -2.29. The highest BCUT2D eigenvalue weighted by atomic mass is 16.2. The zero-order valence-electron chi connectivity index (χ0n) is 14.1. The first-order valence-corrected chi connectivity index (χ1v) is 9.22. The maximum absolute atomic E-state index is 12.4. The Balaban J connectivity index is 1.50. The van der Waals surface area contributed by atoms with Gasteiger partial charge in [-0.25, -0.2) is 0 Å². The van der Waals surface area contributed by atoms with E-state index in [0.29, 0.717) is 5.92 Å². The van der Waals surface area contributed by atoms with Gasteiger partial charge < -0.3 is 5.32 Å². The summed E-state index contributed by atoms with van der Waals surface area (Å²) in [4.78, 5) is 38.3. The van der Waals surface area contributed by atoms with Crippen molar-refractivity contribution >= 4 is 17.7 Å². The van der Waals surface area contributed by atoms with Gasteiger partial charge in [-0.15, -0.1) is 0 Å². The van der Waals surface area contributed by atoms with E-state index in [1.165, 1.54) is 17.7 Å². The molecule has 4 atom stereocenters. The molecule has 1 aliphatic heterocycles. The largest absolute Gasteiger partial charge is 0.353 e. The molecule has 1 heterocycles. The van der Waals surface area contributed by atoms with Gasteiger partial charge in [0.05, 0.1) is 11.8 Å². The Kier molecular flexibility index (Phi) is 5.02. The Morgan fingerprint density at radius 3 is 2.17 bits per heavy atom. The van der Waals surface area contributed by atoms with Crippen LogP contribution in [-0.2, 0) is 14.4 Å². The Bertz CT molecular complexity index is 467. The number of carbonyl (C=O) groups excluding carboxylic acids is 3. The van der Waals surface area contributed by atoms with E-state index in [9.17, 15) is 14.4 Å². The summed E-state index contributed by atoms with van der Waals surface area (Å²) in [6.07, 6.45) is 8.59. The quantitative estimate of drug-likeness (QED) is 0.808. The summed E-state index contributed by atoms with van der Waals surface area (Å²) in [5, 5.41) is 3.10. The van der Waals surface area contributed by atoms with Crippen LogP contribution in [0.5, 0.6) is 0 Å². The Morgan fingerprint density at radius 2 is 1.57 bits per heavy atom. The molecule has 3 amide bonds. The van der Waals surface area contributed by atoms with Gasteiger partial charge in [-0.1, -0.05) is 32.6 Å². The van der Waals surface area contributed by atoms with E-state index in [4.69, 9.17) is 0 Å². The molecule has 0 radical (unpaired) electrons.